The van der Waals surface area contributed by atoms with Crippen molar-refractivity contribution >= 4 is 5.91 Å². The minimum atomic E-state index is -0.147. The molecule has 1 amide bonds. The molecular weight excluding hydrogens is 248 g/mol. The average Bonchev–Trinajstić information content (AvgIpc) is 2.43. The molecule has 0 saturated heterocycles. The van der Waals surface area contributed by atoms with E-state index < -0.39 is 0 Å². The number of nitrogens with two attached hydrogens (primary N) is 1. The van der Waals surface area contributed by atoms with Crippen molar-refractivity contribution in [1.82, 2.24) is 5.32 Å². The number of amides is 1. The second-order valence-electron chi connectivity index (χ2n) is 6.19. The largest absolute Gasteiger partial charge is 0.349 e. The summed E-state index contributed by atoms with van der Waals surface area (Å²) in [6, 6.07) is 8.57. The lowest BCUT2D eigenvalue weighted by Crippen LogP contribution is -2.37. The van der Waals surface area contributed by atoms with Gasteiger partial charge in [0.2, 0.25) is 5.91 Å². The van der Waals surface area contributed by atoms with Crippen LogP contribution in [0.15, 0.2) is 24.3 Å². The molecule has 0 heterocycles. The van der Waals surface area contributed by atoms with Crippen molar-refractivity contribution in [1.29, 1.82) is 0 Å². The van der Waals surface area contributed by atoms with Crippen molar-refractivity contribution in [2.75, 3.05) is 6.54 Å². The Morgan fingerprint density at radius 2 is 1.55 bits per heavy atom. The first-order valence-corrected chi connectivity index (χ1v) is 7.47. The number of hydrogen-bond donors (Lipinski definition) is 2. The van der Waals surface area contributed by atoms with Crippen LogP contribution < -0.4 is 11.1 Å². The van der Waals surface area contributed by atoms with Crippen LogP contribution in [-0.2, 0) is 4.79 Å². The van der Waals surface area contributed by atoms with Crippen LogP contribution in [0.1, 0.15) is 57.7 Å². The molecule has 1 aromatic carbocycles. The van der Waals surface area contributed by atoms with Crippen LogP contribution in [0.4, 0.5) is 0 Å². The van der Waals surface area contributed by atoms with E-state index in [9.17, 15) is 4.79 Å². The molecule has 0 aliphatic carbocycles. The minimum absolute atomic E-state index is 0.0270. The smallest absolute Gasteiger partial charge is 0.224 e. The highest BCUT2D eigenvalue weighted by Gasteiger charge is 2.20. The summed E-state index contributed by atoms with van der Waals surface area (Å²) in [4.78, 5) is 12.0. The lowest BCUT2D eigenvalue weighted by molar-refractivity contribution is -0.125. The second kappa shape index (κ2) is 7.44. The average molecular weight is 276 g/mol. The lowest BCUT2D eigenvalue weighted by atomic mass is 9.93. The molecule has 0 saturated carbocycles. The number of hydrogen-bond acceptors (Lipinski definition) is 2. The van der Waals surface area contributed by atoms with E-state index in [1.807, 2.05) is 6.92 Å². The standard InChI is InChI=1S/C17H28N2O/c1-11(2)14-6-8-15(9-7-14)16(12(3)4)19-17(20)13(5)10-18/h6-9,11-13,16H,10,18H2,1-5H3,(H,19,20). The molecule has 0 aliphatic heterocycles. The first-order valence-electron chi connectivity index (χ1n) is 7.47. The monoisotopic (exact) mass is 276 g/mol. The molecule has 0 aliphatic rings. The Kier molecular flexibility index (Phi) is 6.21. The second-order valence-corrected chi connectivity index (χ2v) is 6.19. The van der Waals surface area contributed by atoms with Crippen LogP contribution in [0.5, 0.6) is 0 Å². The zero-order valence-electron chi connectivity index (χ0n) is 13.3. The zero-order valence-corrected chi connectivity index (χ0v) is 13.3. The highest BCUT2D eigenvalue weighted by Crippen LogP contribution is 2.24. The summed E-state index contributed by atoms with van der Waals surface area (Å²) in [6.45, 7) is 10.8. The molecule has 1 rings (SSSR count). The van der Waals surface area contributed by atoms with Gasteiger partial charge in [0.25, 0.3) is 0 Å². The van der Waals surface area contributed by atoms with E-state index in [4.69, 9.17) is 5.73 Å². The summed E-state index contributed by atoms with van der Waals surface area (Å²) in [7, 11) is 0. The summed E-state index contributed by atoms with van der Waals surface area (Å²) in [6.07, 6.45) is 0. The lowest BCUT2D eigenvalue weighted by Gasteiger charge is -2.25. The molecule has 0 aromatic heterocycles. The van der Waals surface area contributed by atoms with E-state index in [1.165, 1.54) is 5.56 Å². The van der Waals surface area contributed by atoms with Crippen LogP contribution in [-0.4, -0.2) is 12.5 Å². The fourth-order valence-electron chi connectivity index (χ4n) is 2.13. The predicted molar refractivity (Wildman–Crippen MR) is 84.5 cm³/mol. The molecule has 0 bridgehead atoms. The molecule has 0 radical (unpaired) electrons. The van der Waals surface area contributed by atoms with Gasteiger partial charge in [-0.15, -0.1) is 0 Å². The van der Waals surface area contributed by atoms with Crippen LogP contribution in [0.2, 0.25) is 0 Å². The molecule has 20 heavy (non-hydrogen) atoms. The molecule has 3 nitrogen and oxygen atoms in total. The van der Waals surface area contributed by atoms with E-state index in [-0.39, 0.29) is 17.9 Å². The third-order valence-electron chi connectivity index (χ3n) is 3.73. The van der Waals surface area contributed by atoms with E-state index in [0.717, 1.165) is 5.56 Å². The third-order valence-corrected chi connectivity index (χ3v) is 3.73. The molecule has 2 unspecified atom stereocenters. The maximum absolute atomic E-state index is 12.0. The van der Waals surface area contributed by atoms with Crippen molar-refractivity contribution in [3.8, 4) is 0 Å². The number of nitrogens with one attached hydrogen (secondary N) is 1. The molecule has 0 fully saturated rings. The summed E-state index contributed by atoms with van der Waals surface area (Å²) in [5.74, 6) is 0.743. The third kappa shape index (κ3) is 4.34. The quantitative estimate of drug-likeness (QED) is 0.838. The highest BCUT2D eigenvalue weighted by atomic mass is 16.1. The van der Waals surface area contributed by atoms with Crippen LogP contribution in [0.25, 0.3) is 0 Å². The molecule has 0 spiro atoms. The van der Waals surface area contributed by atoms with Gasteiger partial charge in [-0.3, -0.25) is 4.79 Å². The Morgan fingerprint density at radius 3 is 1.95 bits per heavy atom. The Balaban J connectivity index is 2.88. The number of carbonyl (C=O) groups is 1. The number of carbonyl (C=O) groups excluding carboxylic acids is 1. The van der Waals surface area contributed by atoms with Gasteiger partial charge in [0.15, 0.2) is 0 Å². The Morgan fingerprint density at radius 1 is 1.05 bits per heavy atom. The van der Waals surface area contributed by atoms with Crippen LogP contribution in [0.3, 0.4) is 0 Å². The Hall–Kier alpha value is -1.35. The Bertz CT molecular complexity index is 423. The molecule has 2 atom stereocenters. The molecular formula is C17H28N2O. The van der Waals surface area contributed by atoms with Crippen molar-refractivity contribution in [3.05, 3.63) is 35.4 Å². The predicted octanol–water partition coefficient (Wildman–Crippen LogP) is 3.22. The fourth-order valence-corrected chi connectivity index (χ4v) is 2.13. The molecule has 3 heteroatoms. The van der Waals surface area contributed by atoms with Gasteiger partial charge in [0.1, 0.15) is 0 Å². The van der Waals surface area contributed by atoms with Crippen molar-refractivity contribution < 1.29 is 4.79 Å². The van der Waals surface area contributed by atoms with Gasteiger partial charge >= 0.3 is 0 Å². The van der Waals surface area contributed by atoms with E-state index in [2.05, 4.69) is 57.3 Å². The summed E-state index contributed by atoms with van der Waals surface area (Å²) >= 11 is 0. The van der Waals surface area contributed by atoms with Gasteiger partial charge in [0.05, 0.1) is 6.04 Å². The van der Waals surface area contributed by atoms with Gasteiger partial charge in [-0.05, 0) is 23.0 Å². The van der Waals surface area contributed by atoms with Crippen molar-refractivity contribution in [2.24, 2.45) is 17.6 Å². The van der Waals surface area contributed by atoms with Crippen LogP contribution >= 0.6 is 0 Å². The first-order chi connectivity index (χ1) is 9.36. The zero-order chi connectivity index (χ0) is 15.3. The molecule has 3 N–H and O–H groups in total. The maximum atomic E-state index is 12.0. The fraction of sp³-hybridized carbons (Fsp3) is 0.588. The summed E-state index contributed by atoms with van der Waals surface area (Å²) in [5.41, 5.74) is 8.03. The van der Waals surface area contributed by atoms with E-state index in [1.54, 1.807) is 0 Å². The molecule has 1 aromatic rings. The van der Waals surface area contributed by atoms with E-state index >= 15 is 0 Å². The van der Waals surface area contributed by atoms with Gasteiger partial charge in [-0.25, -0.2) is 0 Å². The summed E-state index contributed by atoms with van der Waals surface area (Å²) in [5, 5.41) is 3.11. The van der Waals surface area contributed by atoms with Gasteiger partial charge < -0.3 is 11.1 Å². The highest BCUT2D eigenvalue weighted by molar-refractivity contribution is 5.79. The van der Waals surface area contributed by atoms with Crippen LogP contribution in [0, 0.1) is 11.8 Å². The van der Waals surface area contributed by atoms with Gasteiger partial charge in [-0.1, -0.05) is 58.9 Å². The number of benzene rings is 1. The normalized spacial score (nSPS) is 14.4. The van der Waals surface area contributed by atoms with Crippen molar-refractivity contribution in [3.63, 3.8) is 0 Å². The SMILES string of the molecule is CC(CN)C(=O)NC(c1ccc(C(C)C)cc1)C(C)C. The maximum Gasteiger partial charge on any atom is 0.224 e. The number of rotatable bonds is 6. The van der Waals surface area contributed by atoms with Crippen molar-refractivity contribution in [2.45, 2.75) is 46.6 Å². The Labute approximate surface area is 122 Å². The molecule has 112 valence electrons. The van der Waals surface area contributed by atoms with E-state index in [0.29, 0.717) is 18.4 Å². The summed E-state index contributed by atoms with van der Waals surface area (Å²) < 4.78 is 0. The first kappa shape index (κ1) is 16.7. The van der Waals surface area contributed by atoms with Gasteiger partial charge in [-0.2, -0.15) is 0 Å². The van der Waals surface area contributed by atoms with Gasteiger partial charge in [0, 0.05) is 12.5 Å². The minimum Gasteiger partial charge on any atom is -0.349 e. The topological polar surface area (TPSA) is 55.1 Å².